The Morgan fingerprint density at radius 3 is 2.85 bits per heavy atom. The van der Waals surface area contributed by atoms with Gasteiger partial charge in [-0.1, -0.05) is 44.1 Å². The average molecular weight is 373 g/mol. The molecule has 0 amide bonds. The number of carbonyl (C=O) groups is 1. The third kappa shape index (κ3) is 3.69. The summed E-state index contributed by atoms with van der Waals surface area (Å²) >= 11 is 0. The summed E-state index contributed by atoms with van der Waals surface area (Å²) in [5.74, 6) is 0.618. The van der Waals surface area contributed by atoms with E-state index in [-0.39, 0.29) is 35.1 Å². The Morgan fingerprint density at radius 2 is 2.07 bits per heavy atom. The van der Waals surface area contributed by atoms with Crippen LogP contribution >= 0.6 is 0 Å². The van der Waals surface area contributed by atoms with Gasteiger partial charge in [0.15, 0.2) is 0 Å². The van der Waals surface area contributed by atoms with E-state index in [1.54, 1.807) is 5.57 Å². The van der Waals surface area contributed by atoms with Crippen LogP contribution in [0.15, 0.2) is 35.9 Å². The van der Waals surface area contributed by atoms with E-state index in [0.29, 0.717) is 5.92 Å². The van der Waals surface area contributed by atoms with Crippen LogP contribution in [0.2, 0.25) is 0 Å². The van der Waals surface area contributed by atoms with Crippen molar-refractivity contribution >= 4 is 5.97 Å². The molecule has 1 aliphatic heterocycles. The molecule has 1 aromatic carbocycles. The van der Waals surface area contributed by atoms with Crippen molar-refractivity contribution in [2.75, 3.05) is 13.1 Å². The molecular formula is C23H31FNO2+. The smallest absolute Gasteiger partial charge is 0.315 e. The highest BCUT2D eigenvalue weighted by Gasteiger charge is 2.52. The zero-order valence-corrected chi connectivity index (χ0v) is 16.4. The second-order valence-corrected chi connectivity index (χ2v) is 9.03. The Morgan fingerprint density at radius 1 is 1.30 bits per heavy atom. The lowest BCUT2D eigenvalue weighted by atomic mass is 9.59. The Balaban J connectivity index is 1.38. The fourth-order valence-corrected chi connectivity index (χ4v) is 5.53. The van der Waals surface area contributed by atoms with Crippen LogP contribution < -0.4 is 5.32 Å². The molecule has 1 saturated heterocycles. The minimum absolute atomic E-state index is 0.0187. The van der Waals surface area contributed by atoms with Gasteiger partial charge in [-0.2, -0.15) is 0 Å². The second kappa shape index (κ2) is 7.38. The van der Waals surface area contributed by atoms with E-state index >= 15 is 0 Å². The van der Waals surface area contributed by atoms with Crippen LogP contribution in [0, 0.1) is 29.0 Å². The maximum Gasteiger partial charge on any atom is 0.315 e. The van der Waals surface area contributed by atoms with Crippen LogP contribution in [-0.2, 0) is 16.0 Å². The summed E-state index contributed by atoms with van der Waals surface area (Å²) < 4.78 is 18.8. The van der Waals surface area contributed by atoms with E-state index in [1.165, 1.54) is 31.4 Å². The minimum Gasteiger partial charge on any atom is -0.461 e. The lowest BCUT2D eigenvalue weighted by molar-refractivity contribution is -0.658. The molecule has 27 heavy (non-hydrogen) atoms. The molecule has 146 valence electrons. The van der Waals surface area contributed by atoms with E-state index in [0.717, 1.165) is 31.5 Å². The molecule has 4 rings (SSSR count). The van der Waals surface area contributed by atoms with Gasteiger partial charge >= 0.3 is 5.97 Å². The average Bonchev–Trinajstić information content (AvgIpc) is 2.92. The van der Waals surface area contributed by atoms with Crippen LogP contribution in [-0.4, -0.2) is 25.2 Å². The summed E-state index contributed by atoms with van der Waals surface area (Å²) in [6.07, 6.45) is 8.12. The molecule has 3 nitrogen and oxygen atoms in total. The van der Waals surface area contributed by atoms with Crippen molar-refractivity contribution < 1.29 is 19.2 Å². The summed E-state index contributed by atoms with van der Waals surface area (Å²) in [6, 6.07) is 6.68. The lowest BCUT2D eigenvalue weighted by Gasteiger charge is -2.45. The topological polar surface area (TPSA) is 42.9 Å². The Hall–Kier alpha value is -1.68. The molecule has 1 heterocycles. The number of benzene rings is 1. The SMILES string of the molecule is C[C@H]1CCC[C@]2(C)C[C@H]3OC(=O)[C@H](C[NH2+]CCc4ccc(F)cc4)[C@H]3C=C12. The van der Waals surface area contributed by atoms with Crippen molar-refractivity contribution in [3.63, 3.8) is 0 Å². The Bertz CT molecular complexity index is 728. The maximum absolute atomic E-state index is 13.0. The number of halogens is 1. The van der Waals surface area contributed by atoms with E-state index in [1.807, 2.05) is 12.1 Å². The van der Waals surface area contributed by atoms with Gasteiger partial charge in [0.2, 0.25) is 0 Å². The first-order chi connectivity index (χ1) is 13.0. The predicted molar refractivity (Wildman–Crippen MR) is 102 cm³/mol. The number of fused-ring (bicyclic) bond motifs is 2. The first kappa shape index (κ1) is 18.7. The van der Waals surface area contributed by atoms with Gasteiger partial charge in [0.25, 0.3) is 0 Å². The van der Waals surface area contributed by atoms with Crippen LogP contribution in [0.4, 0.5) is 4.39 Å². The number of rotatable bonds is 5. The molecule has 0 radical (unpaired) electrons. The molecule has 0 aromatic heterocycles. The zero-order valence-electron chi connectivity index (χ0n) is 16.4. The molecule has 4 heteroatoms. The highest BCUT2D eigenvalue weighted by molar-refractivity contribution is 5.76. The molecule has 1 saturated carbocycles. The number of allylic oxidation sites excluding steroid dienone is 1. The largest absolute Gasteiger partial charge is 0.461 e. The van der Waals surface area contributed by atoms with Gasteiger partial charge in [-0.15, -0.1) is 0 Å². The number of hydrogen-bond donors (Lipinski definition) is 1. The third-order valence-electron chi connectivity index (χ3n) is 7.05. The molecule has 2 aliphatic carbocycles. The van der Waals surface area contributed by atoms with Crippen molar-refractivity contribution in [3.8, 4) is 0 Å². The third-order valence-corrected chi connectivity index (χ3v) is 7.05. The fourth-order valence-electron chi connectivity index (χ4n) is 5.53. The minimum atomic E-state index is -0.197. The fraction of sp³-hybridized carbons (Fsp3) is 0.609. The highest BCUT2D eigenvalue weighted by Crippen LogP contribution is 2.53. The van der Waals surface area contributed by atoms with Crippen molar-refractivity contribution in [2.24, 2.45) is 23.2 Å². The van der Waals surface area contributed by atoms with Gasteiger partial charge in [-0.3, -0.25) is 4.79 Å². The Kier molecular flexibility index (Phi) is 5.11. The van der Waals surface area contributed by atoms with Crippen molar-refractivity contribution in [1.29, 1.82) is 0 Å². The number of carbonyl (C=O) groups excluding carboxylic acids is 1. The second-order valence-electron chi connectivity index (χ2n) is 9.03. The van der Waals surface area contributed by atoms with E-state index in [2.05, 4.69) is 25.2 Å². The summed E-state index contributed by atoms with van der Waals surface area (Å²) in [4.78, 5) is 12.5. The number of quaternary nitrogens is 1. The van der Waals surface area contributed by atoms with Crippen LogP contribution in [0.25, 0.3) is 0 Å². The lowest BCUT2D eigenvalue weighted by Crippen LogP contribution is -2.86. The molecule has 2 N–H and O–H groups in total. The van der Waals surface area contributed by atoms with Crippen LogP contribution in [0.1, 0.15) is 45.1 Å². The van der Waals surface area contributed by atoms with Gasteiger partial charge in [0.05, 0.1) is 13.1 Å². The molecule has 3 aliphatic rings. The van der Waals surface area contributed by atoms with E-state index < -0.39 is 0 Å². The molecule has 0 spiro atoms. The van der Waals surface area contributed by atoms with E-state index in [9.17, 15) is 9.18 Å². The van der Waals surface area contributed by atoms with Gasteiger partial charge in [0, 0.05) is 12.3 Å². The van der Waals surface area contributed by atoms with Gasteiger partial charge in [-0.05, 0) is 48.3 Å². The van der Waals surface area contributed by atoms with E-state index in [4.69, 9.17) is 4.74 Å². The normalized spacial score (nSPS) is 35.2. The van der Waals surface area contributed by atoms with Crippen molar-refractivity contribution in [3.05, 3.63) is 47.3 Å². The van der Waals surface area contributed by atoms with Gasteiger partial charge in [0.1, 0.15) is 17.8 Å². The standard InChI is InChI=1S/C23H30FNO2/c1-15-4-3-10-23(2)13-21-18(12-20(15)23)19(22(26)27-21)14-25-11-9-16-5-7-17(24)8-6-16/h5-8,12,15,18-19,21,25H,3-4,9-11,13-14H2,1-2H3/p+1/t15-,18+,19+,21+,23+/m0/s1. The van der Waals surface area contributed by atoms with Gasteiger partial charge < -0.3 is 10.1 Å². The molecule has 0 bridgehead atoms. The van der Waals surface area contributed by atoms with Crippen LogP contribution in [0.5, 0.6) is 0 Å². The summed E-state index contributed by atoms with van der Waals surface area (Å²) in [7, 11) is 0. The highest BCUT2D eigenvalue weighted by atomic mass is 19.1. The van der Waals surface area contributed by atoms with Crippen molar-refractivity contribution in [1.82, 2.24) is 0 Å². The Labute approximate surface area is 161 Å². The summed E-state index contributed by atoms with van der Waals surface area (Å²) in [6.45, 7) is 6.37. The number of nitrogens with two attached hydrogens (primary N) is 1. The number of hydrogen-bond acceptors (Lipinski definition) is 2. The quantitative estimate of drug-likeness (QED) is 0.490. The molecule has 5 atom stereocenters. The monoisotopic (exact) mass is 372 g/mol. The number of esters is 1. The summed E-state index contributed by atoms with van der Waals surface area (Å²) in [5.41, 5.74) is 2.93. The first-order valence-corrected chi connectivity index (χ1v) is 10.4. The molecule has 1 aromatic rings. The maximum atomic E-state index is 13.0. The number of ether oxygens (including phenoxy) is 1. The van der Waals surface area contributed by atoms with Crippen LogP contribution in [0.3, 0.4) is 0 Å². The molecule has 0 unspecified atom stereocenters. The van der Waals surface area contributed by atoms with Crippen molar-refractivity contribution in [2.45, 2.75) is 52.1 Å². The molecular weight excluding hydrogens is 341 g/mol. The zero-order chi connectivity index (χ0) is 19.0. The van der Waals surface area contributed by atoms with Gasteiger partial charge in [-0.25, -0.2) is 4.39 Å². The summed E-state index contributed by atoms with van der Waals surface area (Å²) in [5, 5.41) is 2.22. The first-order valence-electron chi connectivity index (χ1n) is 10.4. The molecule has 2 fully saturated rings. The predicted octanol–water partition coefficient (Wildman–Crippen LogP) is 3.25.